The van der Waals surface area contributed by atoms with Crippen LogP contribution in [0.2, 0.25) is 0 Å². The average molecular weight is 399 g/mol. The number of methoxy groups -OCH3 is 2. The number of aromatic hydroxyl groups is 1. The molecule has 1 aliphatic heterocycles. The molecule has 1 aromatic heterocycles. The zero-order valence-electron chi connectivity index (χ0n) is 15.8. The molecule has 0 saturated heterocycles. The lowest BCUT2D eigenvalue weighted by Crippen LogP contribution is -2.32. The van der Waals surface area contributed by atoms with Crippen LogP contribution in [0.3, 0.4) is 0 Å². The summed E-state index contributed by atoms with van der Waals surface area (Å²) in [6.07, 6.45) is 0. The Morgan fingerprint density at radius 3 is 2.69 bits per heavy atom. The van der Waals surface area contributed by atoms with Crippen molar-refractivity contribution in [3.05, 3.63) is 69.3 Å². The van der Waals surface area contributed by atoms with E-state index in [2.05, 4.69) is 0 Å². The van der Waals surface area contributed by atoms with E-state index in [1.54, 1.807) is 12.1 Å². The standard InChI is InChI=1S/C21H18FNO6/c1-27-8-7-23-18(11-3-5-14(24)16(9-11)28-2)17-19(25)13-10-12(22)4-6-15(13)29-20(17)21(23)26/h3-6,9-10,18,24H,7-8H2,1-2H3/t18-/m0/s1. The molecule has 1 aliphatic rings. The summed E-state index contributed by atoms with van der Waals surface area (Å²) >= 11 is 0. The molecule has 8 heteroatoms. The Morgan fingerprint density at radius 1 is 1.17 bits per heavy atom. The molecule has 0 bridgehead atoms. The van der Waals surface area contributed by atoms with Gasteiger partial charge in [0.05, 0.1) is 30.7 Å². The molecule has 1 atom stereocenters. The molecule has 29 heavy (non-hydrogen) atoms. The van der Waals surface area contributed by atoms with Crippen LogP contribution in [0, 0.1) is 5.82 Å². The smallest absolute Gasteiger partial charge is 0.290 e. The highest BCUT2D eigenvalue weighted by atomic mass is 19.1. The highest BCUT2D eigenvalue weighted by Crippen LogP contribution is 2.40. The molecule has 0 aliphatic carbocycles. The first-order valence-corrected chi connectivity index (χ1v) is 8.89. The molecule has 4 rings (SSSR count). The molecule has 0 saturated carbocycles. The van der Waals surface area contributed by atoms with Gasteiger partial charge in [0.15, 0.2) is 16.9 Å². The minimum atomic E-state index is -0.786. The predicted molar refractivity (Wildman–Crippen MR) is 102 cm³/mol. The molecule has 150 valence electrons. The van der Waals surface area contributed by atoms with E-state index in [4.69, 9.17) is 13.9 Å². The number of ether oxygens (including phenoxy) is 2. The molecule has 2 aromatic carbocycles. The van der Waals surface area contributed by atoms with Gasteiger partial charge in [0, 0.05) is 13.7 Å². The Bertz CT molecular complexity index is 1170. The molecule has 0 radical (unpaired) electrons. The van der Waals surface area contributed by atoms with Crippen molar-refractivity contribution in [2.24, 2.45) is 0 Å². The van der Waals surface area contributed by atoms with Gasteiger partial charge in [-0.25, -0.2) is 4.39 Å². The maximum absolute atomic E-state index is 13.7. The summed E-state index contributed by atoms with van der Waals surface area (Å²) in [5.74, 6) is -0.990. The Balaban J connectivity index is 1.98. The van der Waals surface area contributed by atoms with Gasteiger partial charge in [-0.3, -0.25) is 9.59 Å². The van der Waals surface area contributed by atoms with Gasteiger partial charge < -0.3 is 23.9 Å². The zero-order valence-corrected chi connectivity index (χ0v) is 15.8. The van der Waals surface area contributed by atoms with E-state index in [0.29, 0.717) is 5.56 Å². The molecular weight excluding hydrogens is 381 g/mol. The quantitative estimate of drug-likeness (QED) is 0.710. The number of carbonyl (C=O) groups excluding carboxylic acids is 1. The van der Waals surface area contributed by atoms with E-state index in [-0.39, 0.29) is 46.9 Å². The summed E-state index contributed by atoms with van der Waals surface area (Å²) in [5.41, 5.74) is 0.327. The third-order valence-corrected chi connectivity index (χ3v) is 4.98. The van der Waals surface area contributed by atoms with Gasteiger partial charge in [0.25, 0.3) is 5.91 Å². The van der Waals surface area contributed by atoms with Crippen molar-refractivity contribution in [1.29, 1.82) is 0 Å². The van der Waals surface area contributed by atoms with E-state index in [1.165, 1.54) is 37.3 Å². The number of hydrogen-bond donors (Lipinski definition) is 1. The van der Waals surface area contributed by atoms with E-state index in [1.807, 2.05) is 0 Å². The molecule has 3 aromatic rings. The number of amides is 1. The van der Waals surface area contributed by atoms with Crippen molar-refractivity contribution >= 4 is 16.9 Å². The van der Waals surface area contributed by atoms with E-state index in [9.17, 15) is 19.1 Å². The molecule has 7 nitrogen and oxygen atoms in total. The number of carbonyl (C=O) groups is 1. The molecule has 0 spiro atoms. The summed E-state index contributed by atoms with van der Waals surface area (Å²) in [7, 11) is 2.91. The lowest BCUT2D eigenvalue weighted by Gasteiger charge is -2.25. The van der Waals surface area contributed by atoms with Gasteiger partial charge in [0.2, 0.25) is 5.76 Å². The Morgan fingerprint density at radius 2 is 1.97 bits per heavy atom. The van der Waals surface area contributed by atoms with Crippen molar-refractivity contribution in [3.63, 3.8) is 0 Å². The summed E-state index contributed by atoms with van der Waals surface area (Å²) in [6, 6.07) is 7.38. The number of nitrogens with zero attached hydrogens (tertiary/aromatic N) is 1. The van der Waals surface area contributed by atoms with Crippen LogP contribution in [0.1, 0.15) is 27.7 Å². The monoisotopic (exact) mass is 399 g/mol. The summed E-state index contributed by atoms with van der Waals surface area (Å²) in [5, 5.41) is 9.97. The lowest BCUT2D eigenvalue weighted by atomic mass is 9.98. The molecule has 2 heterocycles. The van der Waals surface area contributed by atoms with Crippen LogP contribution in [-0.2, 0) is 4.74 Å². The third kappa shape index (κ3) is 3.01. The van der Waals surface area contributed by atoms with Crippen molar-refractivity contribution in [3.8, 4) is 11.5 Å². The second-order valence-electron chi connectivity index (χ2n) is 6.64. The molecule has 1 amide bonds. The molecule has 1 N–H and O–H groups in total. The maximum Gasteiger partial charge on any atom is 0.290 e. The number of benzene rings is 2. The Labute approximate surface area is 164 Å². The molecule has 0 fully saturated rings. The van der Waals surface area contributed by atoms with Crippen molar-refractivity contribution < 1.29 is 28.2 Å². The van der Waals surface area contributed by atoms with Crippen molar-refractivity contribution in [2.45, 2.75) is 6.04 Å². The van der Waals surface area contributed by atoms with Crippen LogP contribution in [0.15, 0.2) is 45.6 Å². The summed E-state index contributed by atoms with van der Waals surface area (Å²) < 4.78 is 29.7. The fourth-order valence-corrected chi connectivity index (χ4v) is 3.62. The van der Waals surface area contributed by atoms with E-state index < -0.39 is 23.2 Å². The predicted octanol–water partition coefficient (Wildman–Crippen LogP) is 2.84. The highest BCUT2D eigenvalue weighted by Gasteiger charge is 2.42. The maximum atomic E-state index is 13.7. The molecule has 0 unspecified atom stereocenters. The average Bonchev–Trinajstić information content (AvgIpc) is 2.99. The van der Waals surface area contributed by atoms with Crippen molar-refractivity contribution in [2.75, 3.05) is 27.4 Å². The van der Waals surface area contributed by atoms with Crippen LogP contribution >= 0.6 is 0 Å². The van der Waals surface area contributed by atoms with Crippen LogP contribution in [0.25, 0.3) is 11.0 Å². The third-order valence-electron chi connectivity index (χ3n) is 4.98. The fraction of sp³-hybridized carbons (Fsp3) is 0.238. The number of fused-ring (bicyclic) bond motifs is 2. The lowest BCUT2D eigenvalue weighted by molar-refractivity contribution is 0.0663. The number of halogens is 1. The van der Waals surface area contributed by atoms with Crippen LogP contribution in [-0.4, -0.2) is 43.3 Å². The normalized spacial score (nSPS) is 15.8. The summed E-state index contributed by atoms with van der Waals surface area (Å²) in [4.78, 5) is 27.7. The van der Waals surface area contributed by atoms with Crippen LogP contribution < -0.4 is 10.2 Å². The second kappa shape index (κ2) is 7.21. The van der Waals surface area contributed by atoms with Crippen molar-refractivity contribution in [1.82, 2.24) is 4.90 Å². The number of rotatable bonds is 5. The minimum absolute atomic E-state index is 0.0564. The summed E-state index contributed by atoms with van der Waals surface area (Å²) in [6.45, 7) is 0.450. The number of phenolic OH excluding ortho intramolecular Hbond substituents is 1. The number of hydrogen-bond acceptors (Lipinski definition) is 6. The number of phenols is 1. The first kappa shape index (κ1) is 18.9. The largest absolute Gasteiger partial charge is 0.504 e. The van der Waals surface area contributed by atoms with Gasteiger partial charge in [-0.2, -0.15) is 0 Å². The minimum Gasteiger partial charge on any atom is -0.504 e. The topological polar surface area (TPSA) is 89.2 Å². The first-order valence-electron chi connectivity index (χ1n) is 8.89. The van der Waals surface area contributed by atoms with Gasteiger partial charge >= 0.3 is 0 Å². The van der Waals surface area contributed by atoms with Crippen LogP contribution in [0.4, 0.5) is 4.39 Å². The molecular formula is C21H18FNO6. The van der Waals surface area contributed by atoms with E-state index in [0.717, 1.165) is 6.07 Å². The second-order valence-corrected chi connectivity index (χ2v) is 6.64. The first-order chi connectivity index (χ1) is 14.0. The van der Waals surface area contributed by atoms with Gasteiger partial charge in [-0.15, -0.1) is 0 Å². The fourth-order valence-electron chi connectivity index (χ4n) is 3.62. The SMILES string of the molecule is COCCN1C(=O)c2oc3ccc(F)cc3c(=O)c2[C@@H]1c1ccc(O)c(OC)c1. The van der Waals surface area contributed by atoms with Crippen LogP contribution in [0.5, 0.6) is 11.5 Å². The van der Waals surface area contributed by atoms with E-state index >= 15 is 0 Å². The van der Waals surface area contributed by atoms with Gasteiger partial charge in [-0.05, 0) is 35.9 Å². The Kier molecular flexibility index (Phi) is 4.71. The Hall–Kier alpha value is -3.39. The highest BCUT2D eigenvalue weighted by molar-refractivity contribution is 5.99. The van der Waals surface area contributed by atoms with Gasteiger partial charge in [0.1, 0.15) is 11.4 Å². The zero-order chi connectivity index (χ0) is 20.7. The van der Waals surface area contributed by atoms with Gasteiger partial charge in [-0.1, -0.05) is 6.07 Å².